The number of rotatable bonds is 1. The molecule has 0 aliphatic heterocycles. The molecule has 0 unspecified atom stereocenters. The second-order valence-corrected chi connectivity index (χ2v) is 3.12. The van der Waals surface area contributed by atoms with Crippen LogP contribution in [0, 0.1) is 0 Å². The van der Waals surface area contributed by atoms with Gasteiger partial charge in [0.05, 0.1) is 10.9 Å². The van der Waals surface area contributed by atoms with Crippen molar-refractivity contribution in [3.8, 4) is 0 Å². The first-order valence-corrected chi connectivity index (χ1v) is 4.30. The zero-order chi connectivity index (χ0) is 11.0. The molecule has 76 valence electrons. The Morgan fingerprint density at radius 1 is 1.40 bits per heavy atom. The highest BCUT2D eigenvalue weighted by Crippen LogP contribution is 2.06. The van der Waals surface area contributed by atoms with Crippen molar-refractivity contribution < 1.29 is 9.90 Å². The van der Waals surface area contributed by atoms with E-state index >= 15 is 0 Å². The van der Waals surface area contributed by atoms with Gasteiger partial charge in [-0.1, -0.05) is 12.1 Å². The predicted octanol–water partition coefficient (Wildman–Crippen LogP) is 0.632. The van der Waals surface area contributed by atoms with Gasteiger partial charge in [-0.05, 0) is 12.1 Å². The third kappa shape index (κ3) is 1.38. The highest BCUT2D eigenvalue weighted by molar-refractivity contribution is 5.87. The predicted molar refractivity (Wildman–Crippen MR) is 53.9 cm³/mol. The number of hydrogen-bond acceptors (Lipinski definition) is 3. The number of carboxylic acids is 1. The number of carboxylic acid groups (broad SMARTS) is 1. The molecule has 1 aromatic heterocycles. The van der Waals surface area contributed by atoms with Gasteiger partial charge in [-0.3, -0.25) is 9.36 Å². The Labute approximate surface area is 84.6 Å². The number of hydrogen-bond donors (Lipinski definition) is 1. The zero-order valence-corrected chi connectivity index (χ0v) is 7.97. The van der Waals surface area contributed by atoms with E-state index in [-0.39, 0.29) is 11.4 Å². The molecule has 0 saturated heterocycles. The van der Waals surface area contributed by atoms with Crippen LogP contribution < -0.4 is 5.56 Å². The van der Waals surface area contributed by atoms with Crippen molar-refractivity contribution in [2.75, 3.05) is 0 Å². The topological polar surface area (TPSA) is 72.2 Å². The van der Waals surface area contributed by atoms with Gasteiger partial charge in [-0.2, -0.15) is 0 Å². The summed E-state index contributed by atoms with van der Waals surface area (Å²) < 4.78 is 1.03. The van der Waals surface area contributed by atoms with E-state index in [4.69, 9.17) is 5.11 Å². The van der Waals surface area contributed by atoms with Crippen LogP contribution in [-0.4, -0.2) is 20.6 Å². The van der Waals surface area contributed by atoms with Crippen molar-refractivity contribution >= 4 is 16.9 Å². The fourth-order valence-corrected chi connectivity index (χ4v) is 1.41. The number of carbonyl (C=O) groups is 1. The molecule has 0 fully saturated rings. The van der Waals surface area contributed by atoms with Crippen LogP contribution in [0.3, 0.4) is 0 Å². The van der Waals surface area contributed by atoms with Crippen LogP contribution in [0.15, 0.2) is 29.1 Å². The Morgan fingerprint density at radius 3 is 2.73 bits per heavy atom. The van der Waals surface area contributed by atoms with Crippen LogP contribution >= 0.6 is 0 Å². The molecule has 5 nitrogen and oxygen atoms in total. The van der Waals surface area contributed by atoms with Gasteiger partial charge in [0.15, 0.2) is 0 Å². The van der Waals surface area contributed by atoms with E-state index < -0.39 is 5.97 Å². The summed E-state index contributed by atoms with van der Waals surface area (Å²) in [5.41, 5.74) is 0.0519. The van der Waals surface area contributed by atoms with Gasteiger partial charge < -0.3 is 5.11 Å². The number of nitrogens with zero attached hydrogens (tertiary/aromatic N) is 2. The fraction of sp³-hybridized carbons (Fsp3) is 0.100. The molecule has 2 aromatic rings. The lowest BCUT2D eigenvalue weighted by molar-refractivity contribution is 0.0678. The standard InChI is InChI=1S/C10H8N2O3/c1-12-8(10(14)15)11-7-5-3-2-4-6(7)9(12)13/h2-5H,1H3,(H,14,15). The van der Waals surface area contributed by atoms with E-state index in [9.17, 15) is 9.59 Å². The van der Waals surface area contributed by atoms with E-state index in [2.05, 4.69) is 4.98 Å². The molecule has 0 radical (unpaired) electrons. The minimum Gasteiger partial charge on any atom is -0.475 e. The van der Waals surface area contributed by atoms with Crippen molar-refractivity contribution in [3.63, 3.8) is 0 Å². The van der Waals surface area contributed by atoms with Crippen molar-refractivity contribution in [2.45, 2.75) is 0 Å². The maximum absolute atomic E-state index is 11.7. The molecule has 0 aliphatic carbocycles. The molecule has 15 heavy (non-hydrogen) atoms. The van der Waals surface area contributed by atoms with Gasteiger partial charge in [-0.15, -0.1) is 0 Å². The number of fused-ring (bicyclic) bond motifs is 1. The molecule has 0 amide bonds. The molecule has 0 aliphatic rings. The highest BCUT2D eigenvalue weighted by Gasteiger charge is 2.12. The summed E-state index contributed by atoms with van der Waals surface area (Å²) in [7, 11) is 1.39. The van der Waals surface area contributed by atoms with Gasteiger partial charge in [-0.25, -0.2) is 9.78 Å². The molecule has 5 heteroatoms. The first-order chi connectivity index (χ1) is 7.11. The van der Waals surface area contributed by atoms with Crippen LogP contribution in [0.2, 0.25) is 0 Å². The van der Waals surface area contributed by atoms with Crippen molar-refractivity contribution in [1.29, 1.82) is 0 Å². The van der Waals surface area contributed by atoms with Gasteiger partial charge in [0.25, 0.3) is 5.56 Å². The maximum atomic E-state index is 11.7. The Hall–Kier alpha value is -2.17. The zero-order valence-electron chi connectivity index (χ0n) is 7.97. The maximum Gasteiger partial charge on any atom is 0.372 e. The number of aromatic carboxylic acids is 1. The Morgan fingerprint density at radius 2 is 2.07 bits per heavy atom. The van der Waals surface area contributed by atoms with Crippen LogP contribution in [0.4, 0.5) is 0 Å². The van der Waals surface area contributed by atoms with Crippen LogP contribution in [0.25, 0.3) is 10.9 Å². The van der Waals surface area contributed by atoms with Crippen molar-refractivity contribution in [1.82, 2.24) is 9.55 Å². The van der Waals surface area contributed by atoms with E-state index in [1.807, 2.05) is 0 Å². The summed E-state index contributed by atoms with van der Waals surface area (Å²) in [6.45, 7) is 0. The van der Waals surface area contributed by atoms with Crippen molar-refractivity contribution in [2.24, 2.45) is 7.05 Å². The monoisotopic (exact) mass is 204 g/mol. The van der Waals surface area contributed by atoms with Gasteiger partial charge in [0, 0.05) is 7.05 Å². The third-order valence-corrected chi connectivity index (χ3v) is 2.17. The summed E-state index contributed by atoms with van der Waals surface area (Å²) in [4.78, 5) is 26.4. The van der Waals surface area contributed by atoms with Crippen LogP contribution in [0.1, 0.15) is 10.6 Å². The molecule has 0 atom stereocenters. The van der Waals surface area contributed by atoms with Gasteiger partial charge in [0.2, 0.25) is 5.82 Å². The van der Waals surface area contributed by atoms with Crippen molar-refractivity contribution in [3.05, 3.63) is 40.4 Å². The SMILES string of the molecule is Cn1c(C(=O)O)nc2ccccc2c1=O. The first-order valence-electron chi connectivity index (χ1n) is 4.30. The van der Waals surface area contributed by atoms with Crippen LogP contribution in [-0.2, 0) is 7.05 Å². The molecular weight excluding hydrogens is 196 g/mol. The Balaban J connectivity index is 2.95. The van der Waals surface area contributed by atoms with E-state index in [1.54, 1.807) is 24.3 Å². The van der Waals surface area contributed by atoms with Gasteiger partial charge in [0.1, 0.15) is 0 Å². The lowest BCUT2D eigenvalue weighted by Gasteiger charge is -2.04. The molecule has 2 rings (SSSR count). The lowest BCUT2D eigenvalue weighted by Crippen LogP contribution is -2.25. The second kappa shape index (κ2) is 3.20. The highest BCUT2D eigenvalue weighted by atomic mass is 16.4. The fourth-order valence-electron chi connectivity index (χ4n) is 1.41. The number of aromatic nitrogens is 2. The molecular formula is C10H8N2O3. The molecule has 0 bridgehead atoms. The quantitative estimate of drug-likeness (QED) is 0.739. The molecule has 1 N–H and O–H groups in total. The van der Waals surface area contributed by atoms with E-state index in [0.717, 1.165) is 4.57 Å². The average molecular weight is 204 g/mol. The van der Waals surface area contributed by atoms with Crippen LogP contribution in [0.5, 0.6) is 0 Å². The summed E-state index contributed by atoms with van der Waals surface area (Å²) in [5, 5.41) is 9.25. The van der Waals surface area contributed by atoms with Gasteiger partial charge >= 0.3 is 5.97 Å². The van der Waals surface area contributed by atoms with E-state index in [1.165, 1.54) is 7.05 Å². The normalized spacial score (nSPS) is 10.5. The minimum absolute atomic E-state index is 0.251. The lowest BCUT2D eigenvalue weighted by atomic mass is 10.2. The smallest absolute Gasteiger partial charge is 0.372 e. The Kier molecular flexibility index (Phi) is 2.00. The summed E-state index contributed by atoms with van der Waals surface area (Å²) >= 11 is 0. The largest absolute Gasteiger partial charge is 0.475 e. The first kappa shape index (κ1) is 9.39. The summed E-state index contributed by atoms with van der Waals surface area (Å²) in [5.74, 6) is -1.46. The average Bonchev–Trinajstić information content (AvgIpc) is 2.23. The number of benzene rings is 1. The second-order valence-electron chi connectivity index (χ2n) is 3.12. The minimum atomic E-state index is -1.21. The Bertz CT molecular complexity index is 601. The summed E-state index contributed by atoms with van der Waals surface area (Å²) in [6, 6.07) is 6.66. The molecule has 0 saturated carbocycles. The van der Waals surface area contributed by atoms with E-state index in [0.29, 0.717) is 10.9 Å². The molecule has 1 heterocycles. The molecule has 0 spiro atoms. The third-order valence-electron chi connectivity index (χ3n) is 2.17. The summed E-state index contributed by atoms with van der Waals surface area (Å²) in [6.07, 6.45) is 0. The molecule has 1 aromatic carbocycles. The number of para-hydroxylation sites is 1.